The van der Waals surface area contributed by atoms with Gasteiger partial charge in [0, 0.05) is 5.41 Å². The molecular weight excluding hydrogens is 560 g/mol. The Balaban J connectivity index is 1.54. The van der Waals surface area contributed by atoms with Crippen LogP contribution in [0.5, 0.6) is 0 Å². The Bertz CT molecular complexity index is 1010. The van der Waals surface area contributed by atoms with E-state index >= 15 is 0 Å². The summed E-state index contributed by atoms with van der Waals surface area (Å²) in [5, 5.41) is 71.9. The van der Waals surface area contributed by atoms with Crippen molar-refractivity contribution in [2.24, 2.45) is 22.7 Å². The van der Waals surface area contributed by atoms with E-state index in [1.54, 1.807) is 13.0 Å². The molecule has 2 aliphatic carbocycles. The summed E-state index contributed by atoms with van der Waals surface area (Å²) in [6.07, 6.45) is -5.16. The molecule has 0 aromatic heterocycles. The van der Waals surface area contributed by atoms with Gasteiger partial charge in [0.05, 0.1) is 24.4 Å². The molecule has 3 fully saturated rings. The Morgan fingerprint density at radius 2 is 1.60 bits per heavy atom. The van der Waals surface area contributed by atoms with Crippen LogP contribution in [0.3, 0.4) is 0 Å². The van der Waals surface area contributed by atoms with E-state index in [1.807, 2.05) is 6.92 Å². The van der Waals surface area contributed by atoms with E-state index in [2.05, 4.69) is 40.3 Å². The van der Waals surface area contributed by atoms with Crippen molar-refractivity contribution in [1.82, 2.24) is 0 Å². The second-order valence-electron chi connectivity index (χ2n) is 14.1. The van der Waals surface area contributed by atoms with Gasteiger partial charge in [0.1, 0.15) is 42.7 Å². The fourth-order valence-electron chi connectivity index (χ4n) is 7.99. The van der Waals surface area contributed by atoms with Gasteiger partial charge >= 0.3 is 0 Å². The van der Waals surface area contributed by atoms with Crippen LogP contribution >= 0.6 is 0 Å². The second-order valence-corrected chi connectivity index (χ2v) is 14.1. The minimum atomic E-state index is -1.53. The average molecular weight is 615 g/mol. The largest absolute Gasteiger partial charge is 0.394 e. The maximum Gasteiger partial charge on any atom is 0.187 e. The van der Waals surface area contributed by atoms with Crippen LogP contribution in [0.2, 0.25) is 0 Å². The molecule has 2 aliphatic heterocycles. The third kappa shape index (κ3) is 6.25. The fraction of sp³-hybridized carbons (Fsp3) is 0.875. The third-order valence-electron chi connectivity index (χ3n) is 11.6. The van der Waals surface area contributed by atoms with Crippen molar-refractivity contribution in [3.63, 3.8) is 0 Å². The third-order valence-corrected chi connectivity index (χ3v) is 11.6. The lowest BCUT2D eigenvalue weighted by Gasteiger charge is -2.61. The van der Waals surface area contributed by atoms with Gasteiger partial charge in [-0.3, -0.25) is 0 Å². The van der Waals surface area contributed by atoms with Gasteiger partial charge in [0.15, 0.2) is 12.6 Å². The Morgan fingerprint density at radius 3 is 2.23 bits per heavy atom. The fourth-order valence-corrected chi connectivity index (χ4v) is 7.99. The lowest BCUT2D eigenvalue weighted by Crippen LogP contribution is -2.62. The molecule has 0 unspecified atom stereocenters. The molecule has 4 aliphatic rings. The van der Waals surface area contributed by atoms with Crippen molar-refractivity contribution < 1.29 is 54.7 Å². The van der Waals surface area contributed by atoms with Crippen molar-refractivity contribution >= 4 is 0 Å². The molecule has 2 saturated heterocycles. The first kappa shape index (κ1) is 34.9. The molecule has 7 N–H and O–H groups in total. The van der Waals surface area contributed by atoms with Crippen LogP contribution in [0.1, 0.15) is 73.6 Å². The maximum atomic E-state index is 10.7. The molecule has 0 amide bonds. The molecule has 0 aromatic carbocycles. The smallest absolute Gasteiger partial charge is 0.187 e. The zero-order valence-corrected chi connectivity index (χ0v) is 26.4. The zero-order valence-electron chi connectivity index (χ0n) is 26.4. The number of ether oxygens (including phenoxy) is 4. The lowest BCUT2D eigenvalue weighted by molar-refractivity contribution is -0.324. The van der Waals surface area contributed by atoms with Gasteiger partial charge in [-0.2, -0.15) is 0 Å². The summed E-state index contributed by atoms with van der Waals surface area (Å²) < 4.78 is 24.2. The van der Waals surface area contributed by atoms with Gasteiger partial charge in [-0.05, 0) is 70.1 Å². The topological polar surface area (TPSA) is 179 Å². The van der Waals surface area contributed by atoms with E-state index in [0.29, 0.717) is 12.8 Å². The minimum Gasteiger partial charge on any atom is -0.394 e. The predicted octanol–water partition coefficient (Wildman–Crippen LogP) is 1.15. The molecule has 0 radical (unpaired) electrons. The molecule has 4 rings (SSSR count). The summed E-state index contributed by atoms with van der Waals surface area (Å²) in [6, 6.07) is 0. The number of rotatable bonds is 9. The number of aliphatic hydroxyl groups is 7. The highest BCUT2D eigenvalue weighted by atomic mass is 16.7. The van der Waals surface area contributed by atoms with Crippen LogP contribution in [-0.2, 0) is 18.9 Å². The van der Waals surface area contributed by atoms with Crippen molar-refractivity contribution in [1.29, 1.82) is 0 Å². The highest BCUT2D eigenvalue weighted by molar-refractivity contribution is 5.24. The van der Waals surface area contributed by atoms with Crippen LogP contribution in [0.4, 0.5) is 0 Å². The van der Waals surface area contributed by atoms with Crippen LogP contribution in [0, 0.1) is 22.7 Å². The predicted molar refractivity (Wildman–Crippen MR) is 156 cm³/mol. The molecule has 248 valence electrons. The second kappa shape index (κ2) is 13.0. The number of fused-ring (bicyclic) bond motifs is 1. The van der Waals surface area contributed by atoms with Crippen LogP contribution in [0.25, 0.3) is 0 Å². The first-order valence-electron chi connectivity index (χ1n) is 15.7. The van der Waals surface area contributed by atoms with E-state index in [4.69, 9.17) is 18.9 Å². The van der Waals surface area contributed by atoms with Crippen LogP contribution in [-0.4, -0.2) is 115 Å². The molecule has 0 bridgehead atoms. The van der Waals surface area contributed by atoms with Crippen LogP contribution < -0.4 is 0 Å². The van der Waals surface area contributed by atoms with E-state index in [1.165, 1.54) is 5.57 Å². The van der Waals surface area contributed by atoms with Gasteiger partial charge in [0.2, 0.25) is 0 Å². The van der Waals surface area contributed by atoms with Crippen molar-refractivity contribution in [3.05, 3.63) is 24.3 Å². The van der Waals surface area contributed by atoms with Crippen molar-refractivity contribution in [2.75, 3.05) is 6.61 Å². The summed E-state index contributed by atoms with van der Waals surface area (Å²) in [4.78, 5) is 0. The van der Waals surface area contributed by atoms with Gasteiger partial charge in [-0.25, -0.2) is 0 Å². The molecule has 43 heavy (non-hydrogen) atoms. The Hall–Kier alpha value is -0.960. The first-order chi connectivity index (χ1) is 20.0. The van der Waals surface area contributed by atoms with Gasteiger partial charge in [-0.1, -0.05) is 38.5 Å². The Morgan fingerprint density at radius 1 is 0.977 bits per heavy atom. The Kier molecular flexibility index (Phi) is 10.6. The number of allylic oxidation sites excluding steroid dienone is 1. The summed E-state index contributed by atoms with van der Waals surface area (Å²) in [6.45, 7) is 15.8. The van der Waals surface area contributed by atoms with Crippen molar-refractivity contribution in [3.8, 4) is 0 Å². The molecular formula is C32H54O11. The van der Waals surface area contributed by atoms with E-state index in [-0.39, 0.29) is 23.4 Å². The molecule has 0 aromatic rings. The average Bonchev–Trinajstić information content (AvgIpc) is 2.98. The summed E-state index contributed by atoms with van der Waals surface area (Å²) in [5.74, 6) is 0.366. The summed E-state index contributed by atoms with van der Waals surface area (Å²) in [5.41, 5.74) is -0.320. The highest BCUT2D eigenvalue weighted by Gasteiger charge is 2.59. The van der Waals surface area contributed by atoms with E-state index < -0.39 is 79.0 Å². The maximum absolute atomic E-state index is 10.7. The SMILES string of the molecule is C=C[C@@](C)(CC[C@@]1(C)[C@H](C)C[C@H](O[C@@H]2O[C@H](C)[C@@H](O)[C@H](O)[C@H]2O)[C@@]2(C)C(C)=CCC[C@H]12)O[C@@H]1O[C@H](CO)[C@@H](O)[C@H](O)[C@H]1O. The number of hydrogen-bond donors (Lipinski definition) is 7. The van der Waals surface area contributed by atoms with Crippen molar-refractivity contribution in [2.45, 2.75) is 147 Å². The zero-order chi connectivity index (χ0) is 32.1. The highest BCUT2D eigenvalue weighted by Crippen LogP contribution is 2.63. The number of hydrogen-bond acceptors (Lipinski definition) is 11. The monoisotopic (exact) mass is 614 g/mol. The molecule has 1 saturated carbocycles. The summed E-state index contributed by atoms with van der Waals surface area (Å²) in [7, 11) is 0. The minimum absolute atomic E-state index is 0.177. The molecule has 2 heterocycles. The van der Waals surface area contributed by atoms with Gasteiger partial charge in [0.25, 0.3) is 0 Å². The lowest BCUT2D eigenvalue weighted by atomic mass is 9.45. The van der Waals surface area contributed by atoms with E-state index in [0.717, 1.165) is 19.3 Å². The standard InChI is InChI=1S/C32H54O11/c1-8-30(5,43-29-27(39)25(37)23(35)19(15-33)41-29)12-13-31(6)17(3)14-21(32(7)16(2)10-9-11-20(31)32)42-28-26(38)24(36)22(34)18(4)40-28/h8,10,17-29,33-39H,1,9,11-15H2,2-7H3/t17-,18-,19-,20-,21+,22-,23-,24+,25+,26-,27-,28+,29+,30+,31+,32+/m1/s1. The summed E-state index contributed by atoms with van der Waals surface area (Å²) >= 11 is 0. The molecule has 11 heteroatoms. The molecule has 16 atom stereocenters. The van der Waals surface area contributed by atoms with Gasteiger partial charge in [-0.15, -0.1) is 6.58 Å². The number of aliphatic hydroxyl groups excluding tert-OH is 7. The molecule has 11 nitrogen and oxygen atoms in total. The van der Waals surface area contributed by atoms with E-state index in [9.17, 15) is 35.7 Å². The van der Waals surface area contributed by atoms with Crippen LogP contribution in [0.15, 0.2) is 24.3 Å². The van der Waals surface area contributed by atoms with Gasteiger partial charge < -0.3 is 54.7 Å². The molecule has 0 spiro atoms. The quantitative estimate of drug-likeness (QED) is 0.185. The first-order valence-corrected chi connectivity index (χ1v) is 15.7. The normalized spacial score (nSPS) is 50.3. The Labute approximate surface area is 255 Å².